The molecule has 294 valence electrons. The Morgan fingerprint density at radius 3 is 1.19 bits per heavy atom. The molecule has 2 N–H and O–H groups in total. The second-order valence-electron chi connectivity index (χ2n) is 15.6. The van der Waals surface area contributed by atoms with Crippen molar-refractivity contribution in [1.29, 1.82) is 0 Å². The van der Waals surface area contributed by atoms with Crippen molar-refractivity contribution < 1.29 is 0 Å². The monoisotopic (exact) mass is 795 g/mol. The summed E-state index contributed by atoms with van der Waals surface area (Å²) in [6.45, 7) is 0.423. The van der Waals surface area contributed by atoms with Gasteiger partial charge in [-0.1, -0.05) is 176 Å². The Hall–Kier alpha value is -8.28. The van der Waals surface area contributed by atoms with E-state index in [1.54, 1.807) is 0 Å². The molecule has 0 bridgehead atoms. The first-order valence-corrected chi connectivity index (χ1v) is 21.0. The Bertz CT molecular complexity index is 3380. The minimum Gasteiger partial charge on any atom is -0.383 e. The number of hydrogen-bond donors (Lipinski definition) is 1. The van der Waals surface area contributed by atoms with Crippen molar-refractivity contribution in [1.82, 2.24) is 9.13 Å². The van der Waals surface area contributed by atoms with Gasteiger partial charge in [-0.15, -0.1) is 0 Å². The molecule has 0 amide bonds. The van der Waals surface area contributed by atoms with Crippen LogP contribution in [0.2, 0.25) is 0 Å². The van der Waals surface area contributed by atoms with Gasteiger partial charge in [-0.3, -0.25) is 4.99 Å². The predicted octanol–water partition coefficient (Wildman–Crippen LogP) is 13.6. The van der Waals surface area contributed by atoms with Crippen LogP contribution in [0.15, 0.2) is 234 Å². The zero-order valence-corrected chi connectivity index (χ0v) is 33.9. The van der Waals surface area contributed by atoms with Crippen LogP contribution in [0.25, 0.3) is 77.2 Å². The highest BCUT2D eigenvalue weighted by atomic mass is 15.0. The van der Waals surface area contributed by atoms with E-state index >= 15 is 0 Å². The molecule has 2 heterocycles. The van der Waals surface area contributed by atoms with Gasteiger partial charge in [0, 0.05) is 32.7 Å². The molecule has 0 saturated heterocycles. The Morgan fingerprint density at radius 2 is 0.742 bits per heavy atom. The lowest BCUT2D eigenvalue weighted by atomic mass is 10.0. The smallest absolute Gasteiger partial charge is 0.159 e. The van der Waals surface area contributed by atoms with Crippen LogP contribution < -0.4 is 5.73 Å². The lowest BCUT2D eigenvalue weighted by molar-refractivity contribution is 1.06. The first-order valence-electron chi connectivity index (χ1n) is 21.0. The number of fused-ring (bicyclic) bond motifs is 6. The highest BCUT2D eigenvalue weighted by Gasteiger charge is 2.21. The molecule has 0 fully saturated rings. The van der Waals surface area contributed by atoms with Gasteiger partial charge in [-0.2, -0.15) is 0 Å². The first kappa shape index (κ1) is 36.8. The van der Waals surface area contributed by atoms with Crippen LogP contribution >= 0.6 is 0 Å². The Kier molecular flexibility index (Phi) is 9.32. The average Bonchev–Trinajstić information content (AvgIpc) is 3.86. The maximum atomic E-state index is 7.41. The molecule has 5 heteroatoms. The van der Waals surface area contributed by atoms with Crippen molar-refractivity contribution in [3.63, 3.8) is 0 Å². The molecule has 0 aliphatic carbocycles. The Balaban J connectivity index is 1.17. The van der Waals surface area contributed by atoms with Crippen LogP contribution in [0, 0.1) is 0 Å². The fourth-order valence-corrected chi connectivity index (χ4v) is 8.93. The Morgan fingerprint density at radius 1 is 0.371 bits per heavy atom. The fourth-order valence-electron chi connectivity index (χ4n) is 8.93. The van der Waals surface area contributed by atoms with E-state index in [1.807, 2.05) is 24.3 Å². The number of amidine groups is 2. The van der Waals surface area contributed by atoms with E-state index in [-0.39, 0.29) is 0 Å². The van der Waals surface area contributed by atoms with Crippen molar-refractivity contribution in [2.45, 2.75) is 6.54 Å². The number of hydrogen-bond acceptors (Lipinski definition) is 1. The third kappa shape index (κ3) is 6.53. The molecule has 0 aliphatic rings. The second kappa shape index (κ2) is 15.7. The maximum absolute atomic E-state index is 7.41. The van der Waals surface area contributed by atoms with Crippen molar-refractivity contribution in [2.24, 2.45) is 15.7 Å². The van der Waals surface area contributed by atoms with Gasteiger partial charge in [0.25, 0.3) is 0 Å². The summed E-state index contributed by atoms with van der Waals surface area (Å²) in [5, 5.41) is 4.71. The summed E-state index contributed by atoms with van der Waals surface area (Å²) in [7, 11) is 0. The number of aliphatic imine (C=N–C) groups is 2. The number of benzene rings is 9. The zero-order valence-electron chi connectivity index (χ0n) is 33.9. The summed E-state index contributed by atoms with van der Waals surface area (Å²) in [4.78, 5) is 10.8. The summed E-state index contributed by atoms with van der Waals surface area (Å²) >= 11 is 0. The second-order valence-corrected chi connectivity index (χ2v) is 15.6. The van der Waals surface area contributed by atoms with Crippen LogP contribution in [0.1, 0.15) is 16.7 Å². The van der Waals surface area contributed by atoms with Crippen molar-refractivity contribution in [3.8, 4) is 33.6 Å². The van der Waals surface area contributed by atoms with Crippen LogP contribution in [-0.4, -0.2) is 20.8 Å². The number of aromatic nitrogens is 2. The van der Waals surface area contributed by atoms with Gasteiger partial charge in [0.05, 0.1) is 40.0 Å². The van der Waals surface area contributed by atoms with Gasteiger partial charge in [-0.05, 0) is 76.3 Å². The molecule has 0 aliphatic heterocycles. The van der Waals surface area contributed by atoms with Crippen LogP contribution in [-0.2, 0) is 6.54 Å². The van der Waals surface area contributed by atoms with Crippen molar-refractivity contribution in [2.75, 3.05) is 0 Å². The van der Waals surface area contributed by atoms with Crippen molar-refractivity contribution in [3.05, 3.63) is 241 Å². The molecule has 11 rings (SSSR count). The van der Waals surface area contributed by atoms with Crippen molar-refractivity contribution >= 4 is 55.3 Å². The minimum absolute atomic E-state index is 0.369. The summed E-state index contributed by atoms with van der Waals surface area (Å²) < 4.78 is 4.68. The van der Waals surface area contributed by atoms with E-state index in [0.717, 1.165) is 72.4 Å². The standard InChI is InChI=1S/C57H41N5/c58-56(48-34-32-42(40-20-6-2-7-21-40)36-54(48)61-50-28-14-10-24-44(50)45-25-11-15-29-51(45)61)60-57(59-38-39-18-4-1-5-19-39)49-35-33-43(41-22-8-3-9-23-41)37-55(49)62-52-30-16-12-26-46(52)47-27-13-17-31-53(47)62/h1-37H,38H2,(H2,58,59,60). The highest BCUT2D eigenvalue weighted by Crippen LogP contribution is 2.37. The lowest BCUT2D eigenvalue weighted by Crippen LogP contribution is -2.20. The summed E-state index contributed by atoms with van der Waals surface area (Å²) in [6.07, 6.45) is 0. The normalized spacial score (nSPS) is 12.2. The molecule has 0 atom stereocenters. The number of nitrogens with two attached hydrogens (primary N) is 1. The molecule has 0 spiro atoms. The predicted molar refractivity (Wildman–Crippen MR) is 260 cm³/mol. The number of nitrogens with zero attached hydrogens (tertiary/aromatic N) is 4. The van der Waals surface area contributed by atoms with E-state index in [2.05, 4.69) is 209 Å². The van der Waals surface area contributed by atoms with Gasteiger partial charge in [0.15, 0.2) is 5.84 Å². The van der Waals surface area contributed by atoms with Gasteiger partial charge in [-0.25, -0.2) is 4.99 Å². The third-order valence-electron chi connectivity index (χ3n) is 11.8. The highest BCUT2D eigenvalue weighted by molar-refractivity contribution is 6.16. The number of para-hydroxylation sites is 4. The van der Waals surface area contributed by atoms with E-state index in [1.165, 1.54) is 21.5 Å². The van der Waals surface area contributed by atoms with Crippen LogP contribution in [0.5, 0.6) is 0 Å². The molecule has 9 aromatic carbocycles. The molecular weight excluding hydrogens is 755 g/mol. The molecule has 0 radical (unpaired) electrons. The van der Waals surface area contributed by atoms with Gasteiger partial charge < -0.3 is 14.9 Å². The van der Waals surface area contributed by atoms with Crippen LogP contribution in [0.4, 0.5) is 0 Å². The largest absolute Gasteiger partial charge is 0.383 e. The van der Waals surface area contributed by atoms with Gasteiger partial charge >= 0.3 is 0 Å². The molecule has 62 heavy (non-hydrogen) atoms. The third-order valence-corrected chi connectivity index (χ3v) is 11.8. The zero-order chi connectivity index (χ0) is 41.4. The van der Waals surface area contributed by atoms with E-state index in [4.69, 9.17) is 15.7 Å². The summed E-state index contributed by atoms with van der Waals surface area (Å²) in [6, 6.07) is 78.8. The Labute approximate surface area is 360 Å². The minimum atomic E-state index is 0.369. The topological polar surface area (TPSA) is 60.6 Å². The van der Waals surface area contributed by atoms with E-state index in [9.17, 15) is 0 Å². The van der Waals surface area contributed by atoms with Crippen LogP contribution in [0.3, 0.4) is 0 Å². The quantitative estimate of drug-likeness (QED) is 0.121. The molecule has 2 aromatic heterocycles. The van der Waals surface area contributed by atoms with Gasteiger partial charge in [0.2, 0.25) is 0 Å². The lowest BCUT2D eigenvalue weighted by Gasteiger charge is -2.18. The number of rotatable bonds is 8. The molecule has 5 nitrogen and oxygen atoms in total. The molecule has 0 unspecified atom stereocenters. The molecular formula is C57H41N5. The SMILES string of the molecule is NC(=NC(=NCc1ccccc1)c1ccc(-c2ccccc2)cc1-n1c2ccccc2c2ccccc21)c1ccc(-c2ccccc2)cc1-n1c2ccccc2c2ccccc21. The maximum Gasteiger partial charge on any atom is 0.159 e. The molecule has 0 saturated carbocycles. The summed E-state index contributed by atoms with van der Waals surface area (Å²) in [5.41, 5.74) is 20.9. The van der Waals surface area contributed by atoms with E-state index < -0.39 is 0 Å². The first-order chi connectivity index (χ1) is 30.7. The average molecular weight is 796 g/mol. The summed E-state index contributed by atoms with van der Waals surface area (Å²) in [5.74, 6) is 0.914. The molecule has 11 aromatic rings. The van der Waals surface area contributed by atoms with E-state index in [0.29, 0.717) is 18.2 Å². The fraction of sp³-hybridized carbons (Fsp3) is 0.0175. The van der Waals surface area contributed by atoms with Gasteiger partial charge in [0.1, 0.15) is 5.84 Å².